The van der Waals surface area contributed by atoms with Crippen LogP contribution in [-0.2, 0) is 20.8 Å². The molecule has 1 heterocycles. The van der Waals surface area contributed by atoms with E-state index in [1.807, 2.05) is 0 Å². The number of nitrogens with two attached hydrogens (primary N) is 2. The number of phenols is 1. The van der Waals surface area contributed by atoms with Crippen molar-refractivity contribution in [2.24, 2.45) is 29.2 Å². The van der Waals surface area contributed by atoms with Gasteiger partial charge in [-0.25, -0.2) is 0 Å². The second-order valence-electron chi connectivity index (χ2n) is 9.78. The number of fused-ring (bicyclic) bond motifs is 3. The monoisotopic (exact) mass is 523 g/mol. The number of hydrogen-bond acceptors (Lipinski definition) is 9. The molecule has 1 amide bonds. The van der Waals surface area contributed by atoms with Gasteiger partial charge in [0.2, 0.25) is 0 Å². The molecule has 13 heteroatoms. The number of benzene rings is 1. The molecule has 2 fully saturated rings. The highest BCUT2D eigenvalue weighted by Crippen LogP contribution is 2.53. The third kappa shape index (κ3) is 3.84. The van der Waals surface area contributed by atoms with Crippen LogP contribution in [0.5, 0.6) is 11.5 Å². The Morgan fingerprint density at radius 1 is 1.16 bits per heavy atom. The predicted molar refractivity (Wildman–Crippen MR) is 120 cm³/mol. The van der Waals surface area contributed by atoms with Gasteiger partial charge in [0, 0.05) is 22.7 Å². The van der Waals surface area contributed by atoms with Crippen LogP contribution in [0, 0.1) is 17.8 Å². The van der Waals surface area contributed by atoms with Gasteiger partial charge in [-0.05, 0) is 50.1 Å². The van der Waals surface area contributed by atoms with E-state index in [0.717, 1.165) is 6.07 Å². The van der Waals surface area contributed by atoms with Crippen molar-refractivity contribution in [1.29, 1.82) is 0 Å². The number of aromatic hydroxyl groups is 1. The quantitative estimate of drug-likeness (QED) is 0.253. The first-order chi connectivity index (χ1) is 17.3. The van der Waals surface area contributed by atoms with Crippen LogP contribution in [-0.4, -0.2) is 51.7 Å². The van der Waals surface area contributed by atoms with Gasteiger partial charge in [0.25, 0.3) is 5.91 Å². The van der Waals surface area contributed by atoms with Crippen LogP contribution in [0.1, 0.15) is 42.0 Å². The zero-order valence-corrected chi connectivity index (χ0v) is 19.3. The zero-order chi connectivity index (χ0) is 27.0. The van der Waals surface area contributed by atoms with Crippen LogP contribution in [0.25, 0.3) is 5.76 Å². The van der Waals surface area contributed by atoms with Crippen molar-refractivity contribution in [3.8, 4) is 11.5 Å². The van der Waals surface area contributed by atoms with Crippen LogP contribution < -0.4 is 21.5 Å². The summed E-state index contributed by atoms with van der Waals surface area (Å²) in [5.74, 6) is -9.27. The van der Waals surface area contributed by atoms with Gasteiger partial charge in [0.1, 0.15) is 28.6 Å². The number of phenolic OH excluding ortho intramolecular Hbond substituents is 1. The number of halogens is 3. The Balaban J connectivity index is 1.67. The Bertz CT molecular complexity index is 1300. The molecule has 3 aliphatic carbocycles. The van der Waals surface area contributed by atoms with Crippen LogP contribution >= 0.6 is 0 Å². The van der Waals surface area contributed by atoms with Gasteiger partial charge in [-0.1, -0.05) is 0 Å². The number of allylic oxidation sites excluding steroid dienone is 1. The number of aliphatic hydroxyl groups is 2. The summed E-state index contributed by atoms with van der Waals surface area (Å²) in [6, 6.07) is -0.770. The Kier molecular flexibility index (Phi) is 5.75. The molecule has 37 heavy (non-hydrogen) atoms. The fourth-order valence-electron chi connectivity index (χ4n) is 6.22. The van der Waals surface area contributed by atoms with Crippen molar-refractivity contribution < 1.29 is 47.6 Å². The Morgan fingerprint density at radius 2 is 1.86 bits per heavy atom. The number of primary amides is 1. The standard InChI is InChI=1S/C24H24F3N3O7/c25-24(26,27)37-22-8(11-2-1-3-30-11)6-12(31)14-10(22)5-7-4-9-15(19(33)13(7)18(14)32)20(34)16(23(29)36)21(35)17(9)28/h6-7,9,11,15,17,30-32,35H,1-5,28H2,(H2,29,36)/t7-,9-,11?,15-,17+/m1/s1. The maximum atomic E-state index is 13.5. The zero-order valence-electron chi connectivity index (χ0n) is 19.3. The Morgan fingerprint density at radius 3 is 2.46 bits per heavy atom. The first-order valence-corrected chi connectivity index (χ1v) is 11.7. The first kappa shape index (κ1) is 25.1. The molecule has 198 valence electrons. The number of carbonyl (C=O) groups excluding carboxylic acids is 3. The number of amides is 1. The van der Waals surface area contributed by atoms with E-state index in [9.17, 15) is 42.9 Å². The molecule has 5 rings (SSSR count). The molecule has 0 bridgehead atoms. The highest BCUT2D eigenvalue weighted by molar-refractivity contribution is 6.28. The third-order valence-corrected chi connectivity index (χ3v) is 7.73. The second kappa shape index (κ2) is 8.48. The number of aliphatic hydroxyl groups excluding tert-OH is 2. The number of hydrogen-bond donors (Lipinski definition) is 6. The summed E-state index contributed by atoms with van der Waals surface area (Å²) in [7, 11) is 0. The topological polar surface area (TPSA) is 185 Å². The Labute approximate surface area is 207 Å². The van der Waals surface area contributed by atoms with E-state index in [0.29, 0.717) is 19.4 Å². The van der Waals surface area contributed by atoms with Gasteiger partial charge in [0.15, 0.2) is 11.6 Å². The highest BCUT2D eigenvalue weighted by atomic mass is 19.4. The number of rotatable bonds is 3. The highest BCUT2D eigenvalue weighted by Gasteiger charge is 2.55. The number of carbonyl (C=O) groups is 3. The Hall–Kier alpha value is -3.58. The molecule has 0 spiro atoms. The number of ether oxygens (including phenoxy) is 1. The van der Waals surface area contributed by atoms with Crippen molar-refractivity contribution >= 4 is 23.2 Å². The number of alkyl halides is 3. The van der Waals surface area contributed by atoms with E-state index in [4.69, 9.17) is 11.5 Å². The molecule has 4 aliphatic rings. The largest absolute Gasteiger partial charge is 0.573 e. The number of Topliss-reactive ketones (excluding diaryl/α,β-unsaturated/α-hetero) is 2. The van der Waals surface area contributed by atoms with Gasteiger partial charge in [-0.2, -0.15) is 0 Å². The average Bonchev–Trinajstić information content (AvgIpc) is 3.32. The number of nitrogens with one attached hydrogen (secondary N) is 1. The molecule has 8 N–H and O–H groups in total. The minimum atomic E-state index is -5.08. The van der Waals surface area contributed by atoms with E-state index >= 15 is 0 Å². The van der Waals surface area contributed by atoms with Crippen molar-refractivity contribution in [3.05, 3.63) is 39.7 Å². The molecular formula is C24H24F3N3O7. The fourth-order valence-corrected chi connectivity index (χ4v) is 6.22. The van der Waals surface area contributed by atoms with Gasteiger partial charge in [-0.15, -0.1) is 13.2 Å². The second-order valence-corrected chi connectivity index (χ2v) is 9.78. The van der Waals surface area contributed by atoms with Crippen LogP contribution in [0.15, 0.2) is 23.0 Å². The fraction of sp³-hybridized carbons (Fsp3) is 0.458. The molecule has 1 unspecified atom stereocenters. The van der Waals surface area contributed by atoms with Crippen LogP contribution in [0.3, 0.4) is 0 Å². The van der Waals surface area contributed by atoms with E-state index in [-0.39, 0.29) is 35.1 Å². The molecule has 1 saturated heterocycles. The first-order valence-electron chi connectivity index (χ1n) is 11.7. The van der Waals surface area contributed by atoms with E-state index in [1.165, 1.54) is 0 Å². The molecule has 1 aromatic carbocycles. The summed E-state index contributed by atoms with van der Waals surface area (Å²) < 4.78 is 44.8. The molecule has 10 nitrogen and oxygen atoms in total. The van der Waals surface area contributed by atoms with E-state index < -0.39 is 82.3 Å². The van der Waals surface area contributed by atoms with Crippen molar-refractivity contribution in [1.82, 2.24) is 5.32 Å². The van der Waals surface area contributed by atoms with Gasteiger partial charge >= 0.3 is 6.36 Å². The predicted octanol–water partition coefficient (Wildman–Crippen LogP) is 1.57. The smallest absolute Gasteiger partial charge is 0.510 e. The molecule has 0 aromatic heterocycles. The molecule has 5 atom stereocenters. The van der Waals surface area contributed by atoms with E-state index in [2.05, 4.69) is 10.1 Å². The van der Waals surface area contributed by atoms with Gasteiger partial charge < -0.3 is 36.8 Å². The maximum Gasteiger partial charge on any atom is 0.573 e. The summed E-state index contributed by atoms with van der Waals surface area (Å²) in [5.41, 5.74) is 9.75. The minimum Gasteiger partial charge on any atom is -0.510 e. The van der Waals surface area contributed by atoms with Gasteiger partial charge in [-0.3, -0.25) is 14.4 Å². The molecule has 0 radical (unpaired) electrons. The maximum absolute atomic E-state index is 13.5. The lowest BCUT2D eigenvalue weighted by atomic mass is 9.59. The SMILES string of the molecule is NC(=O)C1=C(O)[C@@H](N)[C@@H]2C[C@@H]3Cc4c(OC(F)(F)F)c(C5CCCN5)cc(O)c4C(O)=C3C(=O)[C@@H]2C1=O. The van der Waals surface area contributed by atoms with Gasteiger partial charge in [0.05, 0.1) is 17.5 Å². The summed E-state index contributed by atoms with van der Waals surface area (Å²) >= 11 is 0. The average molecular weight is 523 g/mol. The normalized spacial score (nSPS) is 29.7. The van der Waals surface area contributed by atoms with Crippen molar-refractivity contribution in [2.75, 3.05) is 6.54 Å². The van der Waals surface area contributed by atoms with Crippen LogP contribution in [0.2, 0.25) is 0 Å². The molecule has 1 aliphatic heterocycles. The lowest BCUT2D eigenvalue weighted by Gasteiger charge is -2.43. The molecule has 1 saturated carbocycles. The van der Waals surface area contributed by atoms with E-state index in [1.54, 1.807) is 0 Å². The molecule has 1 aromatic rings. The minimum absolute atomic E-state index is 0.0681. The van der Waals surface area contributed by atoms with Crippen LogP contribution in [0.4, 0.5) is 13.2 Å². The number of ketones is 2. The van der Waals surface area contributed by atoms with Crippen molar-refractivity contribution in [3.63, 3.8) is 0 Å². The summed E-state index contributed by atoms with van der Waals surface area (Å²) in [6.07, 6.45) is -4.20. The lowest BCUT2D eigenvalue weighted by Crippen LogP contribution is -2.54. The van der Waals surface area contributed by atoms with Crippen molar-refractivity contribution in [2.45, 2.75) is 44.1 Å². The lowest BCUT2D eigenvalue weighted by molar-refractivity contribution is -0.275. The third-order valence-electron chi connectivity index (χ3n) is 7.73. The summed E-state index contributed by atoms with van der Waals surface area (Å²) in [5, 5.41) is 35.3. The summed E-state index contributed by atoms with van der Waals surface area (Å²) in [6.45, 7) is 0.555. The summed E-state index contributed by atoms with van der Waals surface area (Å²) in [4.78, 5) is 38.2. The molecular weight excluding hydrogens is 499 g/mol.